The van der Waals surface area contributed by atoms with Crippen molar-refractivity contribution in [3.05, 3.63) is 59.7 Å². The minimum atomic E-state index is -0.897. The number of carbonyl (C=O) groups is 3. The molecule has 10 nitrogen and oxygen atoms in total. The first-order valence-corrected chi connectivity index (χ1v) is 10.0. The van der Waals surface area contributed by atoms with E-state index in [1.54, 1.807) is 62.4 Å². The summed E-state index contributed by atoms with van der Waals surface area (Å²) < 4.78 is 9.87. The highest BCUT2D eigenvalue weighted by molar-refractivity contribution is 6.05. The zero-order chi connectivity index (χ0) is 23.5. The molecule has 1 atom stereocenters. The van der Waals surface area contributed by atoms with E-state index in [1.807, 2.05) is 0 Å². The summed E-state index contributed by atoms with van der Waals surface area (Å²) in [6.07, 6.45) is -0.499. The van der Waals surface area contributed by atoms with Crippen molar-refractivity contribution < 1.29 is 23.9 Å². The molecule has 1 unspecified atom stereocenters. The van der Waals surface area contributed by atoms with Crippen LogP contribution < -0.4 is 21.7 Å². The summed E-state index contributed by atoms with van der Waals surface area (Å²) >= 11 is 0. The smallest absolute Gasteiger partial charge is 0.407 e. The molecular formula is C22H27N5O5. The van der Waals surface area contributed by atoms with Gasteiger partial charge in [0.15, 0.2) is 5.96 Å². The number of hydrogen-bond donors (Lipinski definition) is 5. The highest BCUT2D eigenvalue weighted by Crippen LogP contribution is 2.15. The molecule has 0 aliphatic rings. The van der Waals surface area contributed by atoms with Crippen LogP contribution in [-0.2, 0) is 20.7 Å². The van der Waals surface area contributed by atoms with Gasteiger partial charge in [-0.05, 0) is 49.7 Å². The van der Waals surface area contributed by atoms with Gasteiger partial charge in [-0.3, -0.25) is 10.2 Å². The molecule has 0 spiro atoms. The third-order valence-electron chi connectivity index (χ3n) is 4.19. The lowest BCUT2D eigenvalue weighted by Crippen LogP contribution is -2.43. The fraction of sp³-hybridized carbons (Fsp3) is 0.273. The van der Waals surface area contributed by atoms with Crippen LogP contribution in [0, 0.1) is 5.41 Å². The minimum absolute atomic E-state index is 0.184. The Morgan fingerprint density at radius 1 is 0.969 bits per heavy atom. The van der Waals surface area contributed by atoms with Gasteiger partial charge >= 0.3 is 12.1 Å². The molecule has 0 heterocycles. The normalized spacial score (nSPS) is 11.1. The zero-order valence-corrected chi connectivity index (χ0v) is 17.9. The van der Waals surface area contributed by atoms with Crippen LogP contribution in [0.1, 0.15) is 29.8 Å². The van der Waals surface area contributed by atoms with Crippen molar-refractivity contribution in [1.29, 1.82) is 5.41 Å². The molecule has 0 saturated heterocycles. The Labute approximate surface area is 186 Å². The zero-order valence-electron chi connectivity index (χ0n) is 17.9. The third-order valence-corrected chi connectivity index (χ3v) is 4.19. The fourth-order valence-corrected chi connectivity index (χ4v) is 2.81. The van der Waals surface area contributed by atoms with Gasteiger partial charge in [0.05, 0.1) is 13.2 Å². The van der Waals surface area contributed by atoms with Crippen LogP contribution in [0.15, 0.2) is 48.5 Å². The molecule has 0 radical (unpaired) electrons. The highest BCUT2D eigenvalue weighted by Gasteiger charge is 2.23. The molecule has 0 aliphatic heterocycles. The molecule has 0 bridgehead atoms. The maximum absolute atomic E-state index is 12.5. The summed E-state index contributed by atoms with van der Waals surface area (Å²) in [5.74, 6) is -1.12. The van der Waals surface area contributed by atoms with Crippen LogP contribution in [0.4, 0.5) is 16.2 Å². The SMILES string of the molecule is CCOC(=O)NC(Cc1ccc(NC(=O)c2cccc(NC(=N)N)c2)cc1)C(=O)OCC. The number of amides is 2. The van der Waals surface area contributed by atoms with Gasteiger partial charge in [-0.15, -0.1) is 0 Å². The van der Waals surface area contributed by atoms with E-state index < -0.39 is 18.1 Å². The number of alkyl carbamates (subject to hydrolysis) is 1. The van der Waals surface area contributed by atoms with Crippen molar-refractivity contribution in [2.75, 3.05) is 23.8 Å². The molecule has 0 aromatic heterocycles. The Morgan fingerprint density at radius 2 is 1.66 bits per heavy atom. The predicted molar refractivity (Wildman–Crippen MR) is 121 cm³/mol. The standard InChI is InChI=1S/C22H27N5O5/c1-3-31-20(29)18(27-22(30)32-4-2)12-14-8-10-16(11-9-14)25-19(28)15-6-5-7-17(13-15)26-21(23)24/h5-11,13,18H,3-4,12H2,1-2H3,(H,25,28)(H,27,30)(H4,23,24,26). The van der Waals surface area contributed by atoms with Crippen LogP contribution in [0.5, 0.6) is 0 Å². The molecule has 0 fully saturated rings. The van der Waals surface area contributed by atoms with E-state index in [0.29, 0.717) is 16.9 Å². The fourth-order valence-electron chi connectivity index (χ4n) is 2.81. The largest absolute Gasteiger partial charge is 0.464 e. The van der Waals surface area contributed by atoms with E-state index in [4.69, 9.17) is 20.6 Å². The third kappa shape index (κ3) is 7.63. The Kier molecular flexibility index (Phi) is 9.03. The van der Waals surface area contributed by atoms with E-state index >= 15 is 0 Å². The summed E-state index contributed by atoms with van der Waals surface area (Å²) in [4.78, 5) is 36.4. The number of esters is 1. The average molecular weight is 441 g/mol. The molecular weight excluding hydrogens is 414 g/mol. The minimum Gasteiger partial charge on any atom is -0.464 e. The molecule has 2 rings (SSSR count). The summed E-state index contributed by atoms with van der Waals surface area (Å²) in [6, 6.07) is 12.5. The number of benzene rings is 2. The van der Waals surface area contributed by atoms with E-state index in [9.17, 15) is 14.4 Å². The van der Waals surface area contributed by atoms with Crippen molar-refractivity contribution >= 4 is 35.3 Å². The maximum atomic E-state index is 12.5. The van der Waals surface area contributed by atoms with Crippen LogP contribution in [0.3, 0.4) is 0 Å². The van der Waals surface area contributed by atoms with Gasteiger partial charge in [0.1, 0.15) is 6.04 Å². The van der Waals surface area contributed by atoms with Gasteiger partial charge in [-0.1, -0.05) is 18.2 Å². The summed E-state index contributed by atoms with van der Waals surface area (Å²) in [5, 5.41) is 15.2. The van der Waals surface area contributed by atoms with Gasteiger partial charge in [0.25, 0.3) is 5.91 Å². The average Bonchev–Trinajstić information content (AvgIpc) is 2.74. The monoisotopic (exact) mass is 441 g/mol. The van der Waals surface area contributed by atoms with E-state index in [-0.39, 0.29) is 31.5 Å². The van der Waals surface area contributed by atoms with Crippen LogP contribution in [0.2, 0.25) is 0 Å². The highest BCUT2D eigenvalue weighted by atomic mass is 16.6. The van der Waals surface area contributed by atoms with Crippen LogP contribution in [0.25, 0.3) is 0 Å². The summed E-state index contributed by atoms with van der Waals surface area (Å²) in [7, 11) is 0. The number of hydrogen-bond acceptors (Lipinski definition) is 6. The first-order valence-electron chi connectivity index (χ1n) is 10.0. The molecule has 10 heteroatoms. The second kappa shape index (κ2) is 11.9. The second-order valence-corrected chi connectivity index (χ2v) is 6.64. The van der Waals surface area contributed by atoms with Gasteiger partial charge < -0.3 is 31.2 Å². The Balaban J connectivity index is 2.04. The number of carbonyl (C=O) groups excluding carboxylic acids is 3. The molecule has 2 amide bonds. The van der Waals surface area contributed by atoms with Gasteiger partial charge in [-0.25, -0.2) is 9.59 Å². The van der Waals surface area contributed by atoms with Crippen molar-refractivity contribution in [3.63, 3.8) is 0 Å². The number of nitrogens with one attached hydrogen (secondary N) is 4. The van der Waals surface area contributed by atoms with Crippen molar-refractivity contribution in [2.45, 2.75) is 26.3 Å². The number of ether oxygens (including phenoxy) is 2. The van der Waals surface area contributed by atoms with Gasteiger partial charge in [-0.2, -0.15) is 0 Å². The lowest BCUT2D eigenvalue weighted by Gasteiger charge is -2.17. The van der Waals surface area contributed by atoms with E-state index in [1.165, 1.54) is 0 Å². The second-order valence-electron chi connectivity index (χ2n) is 6.64. The Morgan fingerprint density at radius 3 is 2.28 bits per heavy atom. The van der Waals surface area contributed by atoms with Crippen LogP contribution in [-0.4, -0.2) is 43.2 Å². The molecule has 32 heavy (non-hydrogen) atoms. The number of guanidine groups is 1. The maximum Gasteiger partial charge on any atom is 0.407 e. The lowest BCUT2D eigenvalue weighted by atomic mass is 10.1. The van der Waals surface area contributed by atoms with Crippen molar-refractivity contribution in [2.24, 2.45) is 5.73 Å². The first-order chi connectivity index (χ1) is 15.3. The molecule has 2 aromatic rings. The topological polar surface area (TPSA) is 156 Å². The van der Waals surface area contributed by atoms with Crippen molar-refractivity contribution in [1.82, 2.24) is 5.32 Å². The predicted octanol–water partition coefficient (Wildman–Crippen LogP) is 2.46. The number of anilines is 2. The lowest BCUT2D eigenvalue weighted by molar-refractivity contribution is -0.145. The van der Waals surface area contributed by atoms with Gasteiger partial charge in [0.2, 0.25) is 0 Å². The van der Waals surface area contributed by atoms with Gasteiger partial charge in [0, 0.05) is 23.4 Å². The molecule has 2 aromatic carbocycles. The summed E-state index contributed by atoms with van der Waals surface area (Å²) in [5.41, 5.74) is 7.54. The quantitative estimate of drug-likeness (QED) is 0.227. The molecule has 0 saturated carbocycles. The Bertz CT molecular complexity index is 961. The molecule has 0 aliphatic carbocycles. The van der Waals surface area contributed by atoms with E-state index in [0.717, 1.165) is 5.56 Å². The summed E-state index contributed by atoms with van der Waals surface area (Å²) in [6.45, 7) is 3.72. The molecule has 6 N–H and O–H groups in total. The Hall–Kier alpha value is -4.08. The number of rotatable bonds is 9. The van der Waals surface area contributed by atoms with Crippen molar-refractivity contribution in [3.8, 4) is 0 Å². The first kappa shape index (κ1) is 24.2. The van der Waals surface area contributed by atoms with Crippen LogP contribution >= 0.6 is 0 Å². The number of nitrogens with two attached hydrogens (primary N) is 1. The van der Waals surface area contributed by atoms with E-state index in [2.05, 4.69) is 16.0 Å². The molecule has 170 valence electrons.